The Morgan fingerprint density at radius 1 is 0.500 bits per heavy atom. The van der Waals surface area contributed by atoms with E-state index in [4.69, 9.17) is 225 Å². The van der Waals surface area contributed by atoms with Crippen LogP contribution in [0.15, 0.2) is 12.7 Å². The van der Waals surface area contributed by atoms with Gasteiger partial charge in [-0.25, -0.2) is 0 Å². The smallest absolute Gasteiger partial charge is 0.265 e. The van der Waals surface area contributed by atoms with Crippen molar-refractivity contribution in [2.45, 2.75) is 43.4 Å². The zero-order valence-electron chi connectivity index (χ0n) is 19.5. The summed E-state index contributed by atoms with van der Waals surface area (Å²) in [5.41, 5.74) is 0. The lowest BCUT2D eigenvalue weighted by molar-refractivity contribution is -0.0864. The van der Waals surface area contributed by atoms with Crippen LogP contribution in [-0.4, -0.2) is 79.5 Å². The van der Waals surface area contributed by atoms with E-state index in [0.717, 1.165) is 6.08 Å². The summed E-state index contributed by atoms with van der Waals surface area (Å²) >= 11 is 85.9. The van der Waals surface area contributed by atoms with E-state index in [9.17, 15) is 0 Å². The second-order valence-corrected chi connectivity index (χ2v) is 18.5. The molecule has 0 aliphatic heterocycles. The predicted molar refractivity (Wildman–Crippen MR) is 176 cm³/mol. The molecule has 0 aromatic heterocycles. The van der Waals surface area contributed by atoms with Crippen LogP contribution in [0.2, 0.25) is 0 Å². The Morgan fingerprint density at radius 3 is 1.14 bits per heavy atom. The van der Waals surface area contributed by atoms with E-state index in [1.165, 1.54) is 0 Å². The zero-order chi connectivity index (χ0) is 33.6. The molecule has 0 heterocycles. The lowest BCUT2D eigenvalue weighted by Gasteiger charge is -2.38. The molecule has 5 N–H and O–H groups in total. The molecule has 0 amide bonds. The van der Waals surface area contributed by atoms with Crippen LogP contribution in [0.3, 0.4) is 0 Å². The normalized spacial score (nSPS) is 15.8. The molecule has 0 bridgehead atoms. The van der Waals surface area contributed by atoms with Crippen molar-refractivity contribution >= 4 is 204 Å². The van der Waals surface area contributed by atoms with E-state index < -0.39 is 79.5 Å². The van der Waals surface area contributed by atoms with Crippen molar-refractivity contribution in [1.82, 2.24) is 0 Å². The van der Waals surface area contributed by atoms with Gasteiger partial charge in [-0.2, -0.15) is 0 Å². The van der Waals surface area contributed by atoms with Gasteiger partial charge in [-0.3, -0.25) is 27.0 Å². The topological polar surface area (TPSA) is 165 Å². The molecule has 0 aromatic carbocycles. The van der Waals surface area contributed by atoms with Crippen LogP contribution in [0.25, 0.3) is 0 Å². The summed E-state index contributed by atoms with van der Waals surface area (Å²) in [6.45, 7) is 2.57. The Hall–Kier alpha value is 1.44. The van der Waals surface area contributed by atoms with Gasteiger partial charge >= 0.3 is 0 Å². The lowest BCUT2D eigenvalue weighted by atomic mass is 10.0. The molecule has 0 spiro atoms. The van der Waals surface area contributed by atoms with Crippen LogP contribution in [-0.2, 0) is 23.7 Å². The highest BCUT2D eigenvalue weighted by molar-refractivity contribution is 6.78. The van der Waals surface area contributed by atoms with E-state index in [2.05, 4.69) is 6.58 Å². The number of hydrogen-bond donors (Lipinski definition) is 5. The first-order valence-electron chi connectivity index (χ1n) is 9.74. The van der Waals surface area contributed by atoms with Crippen LogP contribution >= 0.6 is 174 Å². The fourth-order valence-electron chi connectivity index (χ4n) is 2.19. The van der Waals surface area contributed by atoms with Gasteiger partial charge in [0.25, 0.3) is 19.0 Å². The van der Waals surface area contributed by atoms with Gasteiger partial charge in [0.05, 0.1) is 0 Å². The molecule has 0 aliphatic rings. The zero-order valence-corrected chi connectivity index (χ0v) is 30.9. The molecule has 4 atom stereocenters. The van der Waals surface area contributed by atoms with Crippen molar-refractivity contribution in [1.29, 1.82) is 27.0 Å². The van der Waals surface area contributed by atoms with Gasteiger partial charge in [0.15, 0.2) is 24.4 Å². The lowest BCUT2D eigenvalue weighted by Crippen LogP contribution is -2.55. The van der Waals surface area contributed by atoms with Crippen LogP contribution in [0.4, 0.5) is 0 Å². The summed E-state index contributed by atoms with van der Waals surface area (Å²) in [6, 6.07) is 0. The third-order valence-electron chi connectivity index (χ3n) is 3.96. The molecule has 242 valence electrons. The highest BCUT2D eigenvalue weighted by Crippen LogP contribution is 2.36. The molecule has 0 radical (unpaired) electrons. The van der Waals surface area contributed by atoms with Crippen molar-refractivity contribution < 1.29 is 23.7 Å². The molecular weight excluding hydrogens is 886 g/mol. The fraction of sp³-hybridized carbons (Fsp3) is 0.588. The predicted octanol–water partition coefficient (Wildman–Crippen LogP) is 9.47. The second-order valence-electron chi connectivity index (χ2n) is 7.08. The van der Waals surface area contributed by atoms with Gasteiger partial charge in [0.1, 0.15) is 6.61 Å². The van der Waals surface area contributed by atoms with E-state index in [1.807, 2.05) is 0 Å². The Labute approximate surface area is 313 Å². The Bertz CT molecular complexity index is 1030. The summed E-state index contributed by atoms with van der Waals surface area (Å²) in [5, 5.41) is 40.0. The average Bonchev–Trinajstić information content (AvgIpc) is 2.78. The summed E-state index contributed by atoms with van der Waals surface area (Å²) in [5.74, 6) is -5.38. The Morgan fingerprint density at radius 2 is 0.810 bits per heavy atom. The average molecular weight is 900 g/mol. The van der Waals surface area contributed by atoms with Gasteiger partial charge in [-0.15, -0.1) is 0 Å². The molecule has 0 aromatic rings. The van der Waals surface area contributed by atoms with Crippen LogP contribution < -0.4 is 0 Å². The van der Waals surface area contributed by atoms with Gasteiger partial charge in [-0.05, 0) is 6.08 Å². The Kier molecular flexibility index (Phi) is 17.6. The van der Waals surface area contributed by atoms with Gasteiger partial charge in [-0.1, -0.05) is 181 Å². The number of hydrogen-bond acceptors (Lipinski definition) is 10. The summed E-state index contributed by atoms with van der Waals surface area (Å²) < 4.78 is 14.3. The summed E-state index contributed by atoms with van der Waals surface area (Å²) in [7, 11) is 0. The first kappa shape index (κ1) is 43.4. The molecule has 0 unspecified atom stereocenters. The number of ether oxygens (including phenoxy) is 5. The molecule has 0 saturated carbocycles. The van der Waals surface area contributed by atoms with Crippen molar-refractivity contribution in [2.24, 2.45) is 0 Å². The SMILES string of the molecule is C=C[C@H](OC(=N)C(Cl)(Cl)Cl)[C@@H](OC(=N)C(Cl)(Cl)Cl)[C@H](OC(=N)C(Cl)(Cl)Cl)[C@@H](COC(=N)C(Cl)(Cl)Cl)OC(=N)C(Cl)(Cl)Cl. The summed E-state index contributed by atoms with van der Waals surface area (Å²) in [4.78, 5) is 0. The maximum absolute atomic E-state index is 8.11. The standard InChI is InChI=1S/C17H14Cl15N5O5/c1-2-4(39-9(34)14(21,22)23)6(41-11(36)16(27,28)29)7(42-12(37)17(30,31)32)5(40-10(35)15(24,25)26)3-38-8(33)13(18,19)20/h2,4-7,33-37H,1,3H2/t4-,5+,6+,7+/m0/s1. The second kappa shape index (κ2) is 17.0. The van der Waals surface area contributed by atoms with E-state index in [-0.39, 0.29) is 0 Å². The van der Waals surface area contributed by atoms with Gasteiger partial charge in [0.2, 0.25) is 29.5 Å². The third-order valence-corrected chi connectivity index (χ3v) is 6.53. The minimum Gasteiger partial charge on any atom is -0.474 e. The maximum atomic E-state index is 8.11. The number of halogens is 15. The molecular formula is C17H14Cl15N5O5. The quantitative estimate of drug-likeness (QED) is 0.0637. The van der Waals surface area contributed by atoms with Crippen LogP contribution in [0.5, 0.6) is 0 Å². The van der Waals surface area contributed by atoms with Crippen molar-refractivity contribution in [3.63, 3.8) is 0 Å². The molecule has 0 rings (SSSR count). The molecule has 0 saturated heterocycles. The van der Waals surface area contributed by atoms with E-state index in [0.29, 0.717) is 0 Å². The highest BCUT2D eigenvalue weighted by Gasteiger charge is 2.48. The van der Waals surface area contributed by atoms with E-state index in [1.54, 1.807) is 0 Å². The monoisotopic (exact) mass is 893 g/mol. The van der Waals surface area contributed by atoms with Crippen molar-refractivity contribution in [3.05, 3.63) is 12.7 Å². The molecule has 42 heavy (non-hydrogen) atoms. The van der Waals surface area contributed by atoms with Crippen LogP contribution in [0, 0.1) is 27.0 Å². The molecule has 25 heteroatoms. The molecule has 10 nitrogen and oxygen atoms in total. The van der Waals surface area contributed by atoms with Crippen molar-refractivity contribution in [2.75, 3.05) is 6.61 Å². The number of alkyl halides is 15. The Balaban J connectivity index is 7.27. The third kappa shape index (κ3) is 15.4. The summed E-state index contributed by atoms with van der Waals surface area (Å²) in [6.07, 6.45) is -6.74. The number of nitrogens with one attached hydrogen (secondary N) is 5. The molecule has 0 fully saturated rings. The van der Waals surface area contributed by atoms with E-state index >= 15 is 0 Å². The number of rotatable bonds is 10. The largest absolute Gasteiger partial charge is 0.474 e. The first-order valence-corrected chi connectivity index (χ1v) is 15.4. The van der Waals surface area contributed by atoms with Gasteiger partial charge in [0, 0.05) is 0 Å². The minimum absolute atomic E-state index is 0.929. The van der Waals surface area contributed by atoms with Crippen LogP contribution in [0.1, 0.15) is 0 Å². The highest BCUT2D eigenvalue weighted by atomic mass is 35.6. The first-order chi connectivity index (χ1) is 18.5. The fourth-order valence-corrected chi connectivity index (χ4v) is 2.89. The molecule has 0 aliphatic carbocycles. The van der Waals surface area contributed by atoms with Gasteiger partial charge < -0.3 is 23.7 Å². The minimum atomic E-state index is -2.57. The van der Waals surface area contributed by atoms with Crippen molar-refractivity contribution in [3.8, 4) is 0 Å². The maximum Gasteiger partial charge on any atom is 0.265 e.